The van der Waals surface area contributed by atoms with Crippen molar-refractivity contribution in [2.75, 3.05) is 5.32 Å². The van der Waals surface area contributed by atoms with E-state index >= 15 is 0 Å². The predicted molar refractivity (Wildman–Crippen MR) is 126 cm³/mol. The van der Waals surface area contributed by atoms with Crippen molar-refractivity contribution in [3.8, 4) is 17.4 Å². The van der Waals surface area contributed by atoms with Crippen molar-refractivity contribution in [1.29, 1.82) is 5.26 Å². The maximum absolute atomic E-state index is 12.8. The number of nitriles is 1. The van der Waals surface area contributed by atoms with E-state index in [1.165, 1.54) is 17.4 Å². The molecule has 3 aromatic rings. The van der Waals surface area contributed by atoms with Crippen molar-refractivity contribution in [3.05, 3.63) is 67.7 Å². The number of carbonyl (C=O) groups is 2. The Labute approximate surface area is 198 Å². The molecule has 32 heavy (non-hydrogen) atoms. The van der Waals surface area contributed by atoms with Gasteiger partial charge in [-0.25, -0.2) is 0 Å². The van der Waals surface area contributed by atoms with Crippen LogP contribution in [0.25, 0.3) is 17.4 Å². The van der Waals surface area contributed by atoms with Crippen LogP contribution in [0, 0.1) is 11.3 Å². The first-order valence-electron chi connectivity index (χ1n) is 9.80. The van der Waals surface area contributed by atoms with Crippen LogP contribution in [-0.4, -0.2) is 11.8 Å². The van der Waals surface area contributed by atoms with E-state index in [-0.39, 0.29) is 5.57 Å². The van der Waals surface area contributed by atoms with Gasteiger partial charge in [0.2, 0.25) is 0 Å². The summed E-state index contributed by atoms with van der Waals surface area (Å²) in [6.07, 6.45) is 4.95. The summed E-state index contributed by atoms with van der Waals surface area (Å²) < 4.78 is 5.74. The summed E-state index contributed by atoms with van der Waals surface area (Å²) in [4.78, 5) is 25.8. The molecule has 2 amide bonds. The van der Waals surface area contributed by atoms with Crippen molar-refractivity contribution in [3.63, 3.8) is 0 Å². The predicted octanol–water partition coefficient (Wildman–Crippen LogP) is 5.84. The highest BCUT2D eigenvalue weighted by molar-refractivity contribution is 7.17. The number of amides is 2. The third-order valence-corrected chi connectivity index (χ3v) is 7.07. The molecule has 2 heterocycles. The third kappa shape index (κ3) is 4.44. The van der Waals surface area contributed by atoms with Crippen molar-refractivity contribution in [1.82, 2.24) is 0 Å². The normalized spacial score (nSPS) is 13.3. The number of carbonyl (C=O) groups excluding carboxylic acids is 2. The lowest BCUT2D eigenvalue weighted by molar-refractivity contribution is -0.112. The van der Waals surface area contributed by atoms with Crippen LogP contribution < -0.4 is 11.1 Å². The first-order valence-corrected chi connectivity index (χ1v) is 11.4. The Morgan fingerprint density at radius 3 is 2.66 bits per heavy atom. The summed E-state index contributed by atoms with van der Waals surface area (Å²) >= 11 is 13.3. The number of hydrogen-bond acceptors (Lipinski definition) is 5. The van der Waals surface area contributed by atoms with Crippen molar-refractivity contribution < 1.29 is 14.0 Å². The summed E-state index contributed by atoms with van der Waals surface area (Å²) in [6.45, 7) is 0. The van der Waals surface area contributed by atoms with E-state index in [4.69, 9.17) is 33.4 Å². The van der Waals surface area contributed by atoms with E-state index in [1.807, 2.05) is 6.07 Å². The Morgan fingerprint density at radius 1 is 1.16 bits per heavy atom. The van der Waals surface area contributed by atoms with E-state index in [0.29, 0.717) is 37.7 Å². The van der Waals surface area contributed by atoms with Gasteiger partial charge >= 0.3 is 0 Å². The van der Waals surface area contributed by atoms with Crippen LogP contribution in [0.5, 0.6) is 0 Å². The molecular weight excluding hydrogens is 469 g/mol. The average Bonchev–Trinajstić information content (AvgIpc) is 3.38. The average molecular weight is 486 g/mol. The fraction of sp³-hybridized carbons (Fsp3) is 0.174. The lowest BCUT2D eigenvalue weighted by Crippen LogP contribution is -2.19. The zero-order valence-electron chi connectivity index (χ0n) is 16.7. The smallest absolute Gasteiger partial charge is 0.267 e. The summed E-state index contributed by atoms with van der Waals surface area (Å²) in [7, 11) is 0. The molecule has 1 aliphatic rings. The second kappa shape index (κ2) is 9.21. The number of nitrogens with one attached hydrogen (secondary N) is 1. The van der Waals surface area contributed by atoms with Gasteiger partial charge in [-0.1, -0.05) is 23.2 Å². The molecule has 2 aromatic heterocycles. The SMILES string of the molecule is N#C/C(=C\c1ccc(-c2ccc(Cl)c(Cl)c2)o1)C(=O)Nc1sc2c(c1C(N)=O)CCCC2. The zero-order chi connectivity index (χ0) is 22.8. The number of fused-ring (bicyclic) bond motifs is 1. The van der Waals surface area contributed by atoms with Crippen LogP contribution in [0.1, 0.15) is 39.4 Å². The van der Waals surface area contributed by atoms with Crippen LogP contribution >= 0.6 is 34.5 Å². The molecule has 0 bridgehead atoms. The summed E-state index contributed by atoms with van der Waals surface area (Å²) in [5.74, 6) is -0.395. The standard InChI is InChI=1S/C23H17Cl2N3O3S/c24-16-7-5-12(10-17(16)25)18-8-6-14(31-18)9-13(11-26)22(30)28-23-20(21(27)29)15-3-1-2-4-19(15)32-23/h5-10H,1-4H2,(H2,27,29)(H,28,30)/b13-9+. The Bertz CT molecular complexity index is 1300. The molecule has 0 atom stereocenters. The number of rotatable bonds is 5. The van der Waals surface area contributed by atoms with Gasteiger partial charge < -0.3 is 15.5 Å². The van der Waals surface area contributed by atoms with Crippen LogP contribution in [0.4, 0.5) is 5.00 Å². The number of nitrogens with zero attached hydrogens (tertiary/aromatic N) is 1. The van der Waals surface area contributed by atoms with Crippen molar-refractivity contribution in [2.45, 2.75) is 25.7 Å². The van der Waals surface area contributed by atoms with Gasteiger partial charge in [-0.2, -0.15) is 5.26 Å². The van der Waals surface area contributed by atoms with Gasteiger partial charge in [0.05, 0.1) is 15.6 Å². The largest absolute Gasteiger partial charge is 0.457 e. The first-order chi connectivity index (χ1) is 15.4. The van der Waals surface area contributed by atoms with Crippen molar-refractivity contribution >= 4 is 57.4 Å². The molecule has 6 nitrogen and oxygen atoms in total. The van der Waals surface area contributed by atoms with E-state index in [1.54, 1.807) is 30.3 Å². The van der Waals surface area contributed by atoms with Gasteiger partial charge in [-0.15, -0.1) is 11.3 Å². The first kappa shape index (κ1) is 22.2. The molecule has 0 saturated heterocycles. The number of furan rings is 1. The number of halogens is 2. The molecule has 0 fully saturated rings. The molecule has 162 valence electrons. The minimum atomic E-state index is -0.638. The number of aryl methyl sites for hydroxylation is 1. The van der Waals surface area contributed by atoms with Gasteiger partial charge in [0.15, 0.2) is 0 Å². The summed E-state index contributed by atoms with van der Waals surface area (Å²) in [5, 5.41) is 13.4. The molecular formula is C23H17Cl2N3O3S. The van der Waals surface area contributed by atoms with Crippen LogP contribution in [0.15, 0.2) is 40.3 Å². The van der Waals surface area contributed by atoms with Crippen LogP contribution in [0.3, 0.4) is 0 Å². The van der Waals surface area contributed by atoms with E-state index in [0.717, 1.165) is 36.1 Å². The number of benzene rings is 1. The maximum atomic E-state index is 12.8. The van der Waals surface area contributed by atoms with Crippen LogP contribution in [0.2, 0.25) is 10.0 Å². The highest BCUT2D eigenvalue weighted by Crippen LogP contribution is 2.38. The van der Waals surface area contributed by atoms with E-state index in [9.17, 15) is 14.9 Å². The minimum Gasteiger partial charge on any atom is -0.457 e. The minimum absolute atomic E-state index is 0.165. The van der Waals surface area contributed by atoms with E-state index in [2.05, 4.69) is 5.32 Å². The quantitative estimate of drug-likeness (QED) is 0.349. The fourth-order valence-electron chi connectivity index (χ4n) is 3.61. The number of nitrogens with two attached hydrogens (primary N) is 1. The maximum Gasteiger partial charge on any atom is 0.267 e. The highest BCUT2D eigenvalue weighted by atomic mass is 35.5. The molecule has 0 spiro atoms. The van der Waals surface area contributed by atoms with Gasteiger partial charge in [0.25, 0.3) is 11.8 Å². The Hall–Kier alpha value is -3.05. The number of primary amides is 1. The Kier molecular flexibility index (Phi) is 6.38. The Morgan fingerprint density at radius 2 is 1.94 bits per heavy atom. The fourth-order valence-corrected chi connectivity index (χ4v) is 5.20. The van der Waals surface area contributed by atoms with Gasteiger partial charge in [-0.3, -0.25) is 9.59 Å². The molecule has 9 heteroatoms. The zero-order valence-corrected chi connectivity index (χ0v) is 19.0. The van der Waals surface area contributed by atoms with Gasteiger partial charge in [-0.05, 0) is 61.6 Å². The van der Waals surface area contributed by atoms with Crippen molar-refractivity contribution in [2.24, 2.45) is 5.73 Å². The molecule has 4 rings (SSSR count). The third-order valence-electron chi connectivity index (χ3n) is 5.13. The molecule has 1 aliphatic carbocycles. The van der Waals surface area contributed by atoms with E-state index < -0.39 is 11.8 Å². The highest BCUT2D eigenvalue weighted by Gasteiger charge is 2.25. The number of hydrogen-bond donors (Lipinski definition) is 2. The summed E-state index contributed by atoms with van der Waals surface area (Å²) in [5.41, 5.74) is 7.36. The second-order valence-electron chi connectivity index (χ2n) is 7.23. The molecule has 0 aliphatic heterocycles. The molecule has 1 aromatic carbocycles. The molecule has 3 N–H and O–H groups in total. The number of thiophene rings is 1. The monoisotopic (exact) mass is 485 g/mol. The van der Waals surface area contributed by atoms with Gasteiger partial charge in [0, 0.05) is 16.5 Å². The Balaban J connectivity index is 1.58. The second-order valence-corrected chi connectivity index (χ2v) is 9.15. The lowest BCUT2D eigenvalue weighted by Gasteiger charge is -2.11. The number of anilines is 1. The van der Waals surface area contributed by atoms with Gasteiger partial charge in [0.1, 0.15) is 28.2 Å². The molecule has 0 radical (unpaired) electrons. The van der Waals surface area contributed by atoms with Crippen LogP contribution in [-0.2, 0) is 17.6 Å². The molecule has 0 saturated carbocycles. The lowest BCUT2D eigenvalue weighted by atomic mass is 9.95. The summed E-state index contributed by atoms with van der Waals surface area (Å²) in [6, 6.07) is 10.3. The molecule has 0 unspecified atom stereocenters. The topological polar surface area (TPSA) is 109 Å².